The summed E-state index contributed by atoms with van der Waals surface area (Å²) >= 11 is 0. The van der Waals surface area contributed by atoms with Crippen molar-refractivity contribution >= 4 is 11.9 Å². The summed E-state index contributed by atoms with van der Waals surface area (Å²) in [4.78, 5) is 12.1. The summed E-state index contributed by atoms with van der Waals surface area (Å²) < 4.78 is 10.8. The van der Waals surface area contributed by atoms with Gasteiger partial charge in [-0.15, -0.1) is 5.10 Å². The Bertz CT molecular complexity index is 816. The van der Waals surface area contributed by atoms with Gasteiger partial charge in [0.15, 0.2) is 0 Å². The van der Waals surface area contributed by atoms with Gasteiger partial charge >= 0.3 is 6.01 Å². The minimum absolute atomic E-state index is 0.0545. The number of hydrogen-bond acceptors (Lipinski definition) is 5. The molecule has 0 fully saturated rings. The number of anilines is 1. The number of aryl methyl sites for hydroxylation is 3. The van der Waals surface area contributed by atoms with Crippen LogP contribution < -0.4 is 5.32 Å². The third-order valence-corrected chi connectivity index (χ3v) is 3.23. The molecule has 0 aliphatic carbocycles. The van der Waals surface area contributed by atoms with E-state index in [2.05, 4.69) is 15.5 Å². The molecule has 0 aliphatic rings. The quantitative estimate of drug-likeness (QED) is 0.800. The molecule has 0 aliphatic heterocycles. The third kappa shape index (κ3) is 2.76. The minimum atomic E-state index is -0.339. The normalized spacial score (nSPS) is 10.7. The molecule has 1 N–H and O–H groups in total. The highest BCUT2D eigenvalue weighted by molar-refractivity contribution is 6.03. The van der Waals surface area contributed by atoms with Crippen LogP contribution >= 0.6 is 0 Å². The molecule has 22 heavy (non-hydrogen) atoms. The summed E-state index contributed by atoms with van der Waals surface area (Å²) in [7, 11) is 0. The van der Waals surface area contributed by atoms with Crippen molar-refractivity contribution < 1.29 is 13.6 Å². The van der Waals surface area contributed by atoms with Gasteiger partial charge in [0.2, 0.25) is 5.89 Å². The molecule has 112 valence electrons. The van der Waals surface area contributed by atoms with Crippen LogP contribution in [0.1, 0.15) is 27.4 Å². The average Bonchev–Trinajstić information content (AvgIpc) is 3.06. The predicted molar refractivity (Wildman–Crippen MR) is 80.6 cm³/mol. The largest absolute Gasteiger partial charge is 0.466 e. The Morgan fingerprint density at radius 2 is 1.77 bits per heavy atom. The maximum Gasteiger partial charge on any atom is 0.322 e. The van der Waals surface area contributed by atoms with Crippen LogP contribution in [0.15, 0.2) is 39.2 Å². The van der Waals surface area contributed by atoms with Crippen molar-refractivity contribution in [1.29, 1.82) is 0 Å². The first-order chi connectivity index (χ1) is 10.5. The molecule has 1 aromatic carbocycles. The van der Waals surface area contributed by atoms with Gasteiger partial charge in [0.05, 0.1) is 5.56 Å². The number of furan rings is 1. The summed E-state index contributed by atoms with van der Waals surface area (Å²) in [5.41, 5.74) is 2.39. The molecule has 0 saturated heterocycles. The first kappa shape index (κ1) is 14.1. The van der Waals surface area contributed by atoms with Crippen LogP contribution in [-0.4, -0.2) is 16.1 Å². The Balaban J connectivity index is 1.78. The lowest BCUT2D eigenvalue weighted by Gasteiger charge is -1.98. The summed E-state index contributed by atoms with van der Waals surface area (Å²) in [6, 6.07) is 9.40. The Morgan fingerprint density at radius 1 is 1.05 bits per heavy atom. The molecule has 3 aromatic rings. The molecule has 0 saturated carbocycles. The van der Waals surface area contributed by atoms with E-state index in [-0.39, 0.29) is 11.9 Å². The Morgan fingerprint density at radius 3 is 2.41 bits per heavy atom. The number of hydrogen-bond donors (Lipinski definition) is 1. The van der Waals surface area contributed by atoms with E-state index in [1.54, 1.807) is 19.9 Å². The molecular weight excluding hydrogens is 282 g/mol. The van der Waals surface area contributed by atoms with Crippen molar-refractivity contribution in [1.82, 2.24) is 10.2 Å². The van der Waals surface area contributed by atoms with Crippen LogP contribution in [0.5, 0.6) is 0 Å². The van der Waals surface area contributed by atoms with E-state index in [1.807, 2.05) is 31.2 Å². The van der Waals surface area contributed by atoms with Crippen LogP contribution in [0.2, 0.25) is 0 Å². The maximum absolute atomic E-state index is 12.1. The van der Waals surface area contributed by atoms with E-state index in [1.165, 1.54) is 0 Å². The molecule has 0 unspecified atom stereocenters. The monoisotopic (exact) mass is 297 g/mol. The second-order valence-corrected chi connectivity index (χ2v) is 5.06. The van der Waals surface area contributed by atoms with Crippen molar-refractivity contribution in [2.24, 2.45) is 0 Å². The maximum atomic E-state index is 12.1. The molecular formula is C16H15N3O3. The zero-order valence-electron chi connectivity index (χ0n) is 12.5. The molecule has 2 heterocycles. The van der Waals surface area contributed by atoms with Gasteiger partial charge in [0.25, 0.3) is 5.91 Å². The second-order valence-electron chi connectivity index (χ2n) is 5.06. The van der Waals surface area contributed by atoms with Gasteiger partial charge in [-0.3, -0.25) is 10.1 Å². The van der Waals surface area contributed by atoms with Crippen LogP contribution in [0.3, 0.4) is 0 Å². The second kappa shape index (κ2) is 5.48. The number of carbonyl (C=O) groups is 1. The fourth-order valence-electron chi connectivity index (χ4n) is 2.11. The molecule has 0 atom stereocenters. The molecule has 0 radical (unpaired) electrons. The van der Waals surface area contributed by atoms with Crippen molar-refractivity contribution in [3.8, 4) is 11.5 Å². The van der Waals surface area contributed by atoms with E-state index >= 15 is 0 Å². The van der Waals surface area contributed by atoms with E-state index in [0.29, 0.717) is 23.0 Å². The van der Waals surface area contributed by atoms with Crippen molar-refractivity contribution in [2.75, 3.05) is 5.32 Å². The zero-order valence-corrected chi connectivity index (χ0v) is 12.5. The van der Waals surface area contributed by atoms with Gasteiger partial charge in [-0.05, 0) is 39.0 Å². The highest BCUT2D eigenvalue weighted by atomic mass is 16.4. The highest BCUT2D eigenvalue weighted by Gasteiger charge is 2.17. The standard InChI is InChI=1S/C16H15N3O3/c1-9-4-6-12(7-5-9)15-18-19-16(22-15)17-14(20)13-8-10(2)21-11(13)3/h4-8H,1-3H3,(H,17,19,20). The summed E-state index contributed by atoms with van der Waals surface area (Å²) in [5.74, 6) is 1.24. The summed E-state index contributed by atoms with van der Waals surface area (Å²) in [6.45, 7) is 5.51. The fourth-order valence-corrected chi connectivity index (χ4v) is 2.11. The minimum Gasteiger partial charge on any atom is -0.466 e. The van der Waals surface area contributed by atoms with Crippen molar-refractivity contribution in [3.05, 3.63) is 53.0 Å². The lowest BCUT2D eigenvalue weighted by Crippen LogP contribution is -2.12. The lowest BCUT2D eigenvalue weighted by atomic mass is 10.1. The summed E-state index contributed by atoms with van der Waals surface area (Å²) in [6.07, 6.45) is 0. The molecule has 6 heteroatoms. The van der Waals surface area contributed by atoms with Crippen molar-refractivity contribution in [3.63, 3.8) is 0 Å². The predicted octanol–water partition coefficient (Wildman–Crippen LogP) is 3.51. The fraction of sp³-hybridized carbons (Fsp3) is 0.188. The zero-order chi connectivity index (χ0) is 15.7. The van der Waals surface area contributed by atoms with Crippen LogP contribution in [0.25, 0.3) is 11.5 Å². The van der Waals surface area contributed by atoms with Crippen LogP contribution in [-0.2, 0) is 0 Å². The topological polar surface area (TPSA) is 81.2 Å². The number of benzene rings is 1. The van der Waals surface area contributed by atoms with E-state index in [9.17, 15) is 4.79 Å². The molecule has 2 aromatic heterocycles. The molecule has 3 rings (SSSR count). The van der Waals surface area contributed by atoms with E-state index < -0.39 is 0 Å². The highest BCUT2D eigenvalue weighted by Crippen LogP contribution is 2.21. The number of nitrogens with one attached hydrogen (secondary N) is 1. The Labute approximate surface area is 127 Å². The molecule has 1 amide bonds. The Kier molecular flexibility index (Phi) is 3.50. The van der Waals surface area contributed by atoms with Gasteiger partial charge < -0.3 is 8.83 Å². The first-order valence-corrected chi connectivity index (χ1v) is 6.82. The van der Waals surface area contributed by atoms with Gasteiger partial charge in [-0.2, -0.15) is 0 Å². The smallest absolute Gasteiger partial charge is 0.322 e. The van der Waals surface area contributed by atoms with Gasteiger partial charge in [0, 0.05) is 5.56 Å². The van der Waals surface area contributed by atoms with Gasteiger partial charge in [-0.25, -0.2) is 0 Å². The number of amides is 1. The van der Waals surface area contributed by atoms with Gasteiger partial charge in [0.1, 0.15) is 11.5 Å². The third-order valence-electron chi connectivity index (χ3n) is 3.23. The van der Waals surface area contributed by atoms with Crippen molar-refractivity contribution in [2.45, 2.75) is 20.8 Å². The van der Waals surface area contributed by atoms with E-state index in [0.717, 1.165) is 11.1 Å². The van der Waals surface area contributed by atoms with Crippen LogP contribution in [0, 0.1) is 20.8 Å². The Hall–Kier alpha value is -2.89. The molecule has 0 spiro atoms. The summed E-state index contributed by atoms with van der Waals surface area (Å²) in [5, 5.41) is 10.3. The number of nitrogens with zero attached hydrogens (tertiary/aromatic N) is 2. The average molecular weight is 297 g/mol. The van der Waals surface area contributed by atoms with E-state index in [4.69, 9.17) is 8.83 Å². The molecule has 6 nitrogen and oxygen atoms in total. The number of carbonyl (C=O) groups excluding carboxylic acids is 1. The lowest BCUT2D eigenvalue weighted by molar-refractivity contribution is 0.102. The number of rotatable bonds is 3. The SMILES string of the molecule is Cc1ccc(-c2nnc(NC(=O)c3cc(C)oc3C)o2)cc1. The molecule has 0 bridgehead atoms. The van der Waals surface area contributed by atoms with Crippen LogP contribution in [0.4, 0.5) is 6.01 Å². The van der Waals surface area contributed by atoms with Gasteiger partial charge in [-0.1, -0.05) is 22.8 Å². The number of aromatic nitrogens is 2. The first-order valence-electron chi connectivity index (χ1n) is 6.82.